The summed E-state index contributed by atoms with van der Waals surface area (Å²) in [6.07, 6.45) is 1.10. The Kier molecular flexibility index (Phi) is 5.80. The Balaban J connectivity index is 2.34. The molecule has 4 heteroatoms. The highest BCUT2D eigenvalue weighted by Gasteiger charge is 2.18. The van der Waals surface area contributed by atoms with Crippen molar-refractivity contribution < 1.29 is 0 Å². The summed E-state index contributed by atoms with van der Waals surface area (Å²) in [5, 5.41) is 7.69. The summed E-state index contributed by atoms with van der Waals surface area (Å²) < 4.78 is 0. The molecule has 2 nitrogen and oxygen atoms in total. The monoisotopic (exact) mass is 322 g/mol. The van der Waals surface area contributed by atoms with Crippen molar-refractivity contribution in [2.24, 2.45) is 0 Å². The smallest absolute Gasteiger partial charge is 0.114 e. The lowest BCUT2D eigenvalue weighted by Crippen LogP contribution is -2.23. The zero-order valence-electron chi connectivity index (χ0n) is 13.1. The van der Waals surface area contributed by atoms with Gasteiger partial charge in [-0.25, -0.2) is 4.98 Å². The molecular weight excluding hydrogens is 300 g/mol. The molecule has 0 fully saturated rings. The molecule has 0 saturated carbocycles. The van der Waals surface area contributed by atoms with Crippen molar-refractivity contribution in [1.82, 2.24) is 10.3 Å². The highest BCUT2D eigenvalue weighted by atomic mass is 35.5. The van der Waals surface area contributed by atoms with E-state index in [0.717, 1.165) is 34.3 Å². The maximum absolute atomic E-state index is 6.29. The number of hydrogen-bond donors (Lipinski definition) is 1. The van der Waals surface area contributed by atoms with Gasteiger partial charge in [-0.1, -0.05) is 44.5 Å². The molecule has 0 aliphatic heterocycles. The van der Waals surface area contributed by atoms with Crippen molar-refractivity contribution in [2.75, 3.05) is 6.54 Å². The molecular formula is C17H23ClN2S. The second-order valence-corrected chi connectivity index (χ2v) is 6.96. The fourth-order valence-corrected chi connectivity index (χ4v) is 3.39. The molecule has 0 bridgehead atoms. The van der Waals surface area contributed by atoms with Crippen LogP contribution in [0.25, 0.3) is 0 Å². The third-order valence-electron chi connectivity index (χ3n) is 3.51. The Morgan fingerprint density at radius 2 is 2.10 bits per heavy atom. The van der Waals surface area contributed by atoms with E-state index in [1.54, 1.807) is 11.3 Å². The van der Waals surface area contributed by atoms with Crippen molar-refractivity contribution in [3.8, 4) is 0 Å². The third kappa shape index (κ3) is 4.06. The van der Waals surface area contributed by atoms with E-state index in [2.05, 4.69) is 49.7 Å². The predicted octanol–water partition coefficient (Wildman–Crippen LogP) is 5.32. The first kappa shape index (κ1) is 16.5. The zero-order chi connectivity index (χ0) is 15.4. The number of rotatable bonds is 6. The highest BCUT2D eigenvalue weighted by molar-refractivity contribution is 7.09. The summed E-state index contributed by atoms with van der Waals surface area (Å²) in [5.74, 6) is 0.462. The van der Waals surface area contributed by atoms with Gasteiger partial charge in [0.2, 0.25) is 0 Å². The maximum Gasteiger partial charge on any atom is 0.114 e. The minimum Gasteiger partial charge on any atom is -0.304 e. The fourth-order valence-electron chi connectivity index (χ4n) is 2.12. The number of aryl methyl sites for hydroxylation is 1. The second kappa shape index (κ2) is 7.39. The Hall–Kier alpha value is -0.900. The second-order valence-electron chi connectivity index (χ2n) is 5.66. The van der Waals surface area contributed by atoms with Crippen molar-refractivity contribution in [2.45, 2.75) is 46.1 Å². The van der Waals surface area contributed by atoms with Crippen LogP contribution < -0.4 is 5.32 Å². The minimum atomic E-state index is 0.126. The van der Waals surface area contributed by atoms with Gasteiger partial charge in [-0.3, -0.25) is 0 Å². The number of nitrogens with one attached hydrogen (secondary N) is 1. The number of thiazole rings is 1. The van der Waals surface area contributed by atoms with Gasteiger partial charge in [-0.05, 0) is 43.0 Å². The van der Waals surface area contributed by atoms with Crippen molar-refractivity contribution in [3.63, 3.8) is 0 Å². The lowest BCUT2D eigenvalue weighted by molar-refractivity contribution is 0.593. The zero-order valence-corrected chi connectivity index (χ0v) is 14.7. The highest BCUT2D eigenvalue weighted by Crippen LogP contribution is 2.29. The van der Waals surface area contributed by atoms with E-state index in [0.29, 0.717) is 5.92 Å². The van der Waals surface area contributed by atoms with Gasteiger partial charge in [0.25, 0.3) is 0 Å². The van der Waals surface area contributed by atoms with Gasteiger partial charge in [0, 0.05) is 10.4 Å². The third-order valence-corrected chi connectivity index (χ3v) is 4.84. The number of aromatic nitrogens is 1. The minimum absolute atomic E-state index is 0.126. The van der Waals surface area contributed by atoms with Crippen LogP contribution in [0.5, 0.6) is 0 Å². The quantitative estimate of drug-likeness (QED) is 0.778. The van der Waals surface area contributed by atoms with Crippen LogP contribution in [0.15, 0.2) is 23.6 Å². The number of hydrogen-bond acceptors (Lipinski definition) is 3. The summed E-state index contributed by atoms with van der Waals surface area (Å²) in [6.45, 7) is 9.52. The molecule has 0 spiro atoms. The van der Waals surface area contributed by atoms with E-state index < -0.39 is 0 Å². The average Bonchev–Trinajstić information content (AvgIpc) is 2.93. The Labute approximate surface area is 136 Å². The SMILES string of the molecule is CCCNC(c1ccc(C)c(Cl)c1)c1nc(C(C)C)cs1. The molecule has 1 heterocycles. The van der Waals surface area contributed by atoms with Crippen LogP contribution in [0.4, 0.5) is 0 Å². The Bertz CT molecular complexity index is 592. The van der Waals surface area contributed by atoms with Crippen LogP contribution in [0.1, 0.15) is 61.0 Å². The van der Waals surface area contributed by atoms with Gasteiger partial charge in [0.1, 0.15) is 5.01 Å². The van der Waals surface area contributed by atoms with E-state index in [-0.39, 0.29) is 6.04 Å². The van der Waals surface area contributed by atoms with E-state index in [4.69, 9.17) is 16.6 Å². The van der Waals surface area contributed by atoms with E-state index in [1.165, 1.54) is 5.56 Å². The molecule has 1 N–H and O–H groups in total. The van der Waals surface area contributed by atoms with Crippen LogP contribution in [0.3, 0.4) is 0 Å². The topological polar surface area (TPSA) is 24.9 Å². The molecule has 1 unspecified atom stereocenters. The summed E-state index contributed by atoms with van der Waals surface area (Å²) in [4.78, 5) is 4.80. The average molecular weight is 323 g/mol. The molecule has 21 heavy (non-hydrogen) atoms. The molecule has 0 aliphatic rings. The first-order chi connectivity index (χ1) is 10.0. The van der Waals surface area contributed by atoms with Gasteiger partial charge in [-0.15, -0.1) is 11.3 Å². The van der Waals surface area contributed by atoms with Crippen molar-refractivity contribution in [1.29, 1.82) is 0 Å². The van der Waals surface area contributed by atoms with E-state index in [9.17, 15) is 0 Å². The first-order valence-corrected chi connectivity index (χ1v) is 8.73. The lowest BCUT2D eigenvalue weighted by atomic mass is 10.1. The van der Waals surface area contributed by atoms with E-state index >= 15 is 0 Å². The summed E-state index contributed by atoms with van der Waals surface area (Å²) in [7, 11) is 0. The van der Waals surface area contributed by atoms with Gasteiger partial charge in [0.15, 0.2) is 0 Å². The summed E-state index contributed by atoms with van der Waals surface area (Å²) >= 11 is 8.01. The van der Waals surface area contributed by atoms with E-state index in [1.807, 2.05) is 6.92 Å². The molecule has 1 atom stereocenters. The van der Waals surface area contributed by atoms with Crippen LogP contribution >= 0.6 is 22.9 Å². The van der Waals surface area contributed by atoms with Gasteiger partial charge < -0.3 is 5.32 Å². The molecule has 1 aromatic heterocycles. The molecule has 0 saturated heterocycles. The largest absolute Gasteiger partial charge is 0.304 e. The van der Waals surface area contributed by atoms with Crippen LogP contribution in [0, 0.1) is 6.92 Å². The lowest BCUT2D eigenvalue weighted by Gasteiger charge is -2.17. The molecule has 2 aromatic rings. The summed E-state index contributed by atoms with van der Waals surface area (Å²) in [5.41, 5.74) is 3.46. The van der Waals surface area contributed by atoms with Crippen molar-refractivity contribution >= 4 is 22.9 Å². The Morgan fingerprint density at radius 1 is 1.33 bits per heavy atom. The van der Waals surface area contributed by atoms with Crippen LogP contribution in [0.2, 0.25) is 5.02 Å². The van der Waals surface area contributed by atoms with Crippen LogP contribution in [-0.2, 0) is 0 Å². The van der Waals surface area contributed by atoms with Gasteiger partial charge in [-0.2, -0.15) is 0 Å². The summed E-state index contributed by atoms with van der Waals surface area (Å²) in [6, 6.07) is 6.40. The fraction of sp³-hybridized carbons (Fsp3) is 0.471. The molecule has 0 radical (unpaired) electrons. The maximum atomic E-state index is 6.29. The molecule has 114 valence electrons. The predicted molar refractivity (Wildman–Crippen MR) is 92.5 cm³/mol. The van der Waals surface area contributed by atoms with Crippen LogP contribution in [-0.4, -0.2) is 11.5 Å². The standard InChI is InChI=1S/C17H23ClN2S/c1-5-8-19-16(13-7-6-12(4)14(18)9-13)17-20-15(10-21-17)11(2)3/h6-7,9-11,16,19H,5,8H2,1-4H3. The first-order valence-electron chi connectivity index (χ1n) is 7.47. The molecule has 2 rings (SSSR count). The van der Waals surface area contributed by atoms with Crippen molar-refractivity contribution in [3.05, 3.63) is 50.4 Å². The van der Waals surface area contributed by atoms with Gasteiger partial charge in [0.05, 0.1) is 11.7 Å². The normalized spacial score (nSPS) is 12.9. The number of benzene rings is 1. The molecule has 0 amide bonds. The van der Waals surface area contributed by atoms with Gasteiger partial charge >= 0.3 is 0 Å². The number of nitrogens with zero attached hydrogens (tertiary/aromatic N) is 1. The Morgan fingerprint density at radius 3 is 2.67 bits per heavy atom. The molecule has 1 aromatic carbocycles. The molecule has 0 aliphatic carbocycles. The number of halogens is 1.